The summed E-state index contributed by atoms with van der Waals surface area (Å²) in [5, 5.41) is 7.86. The molecule has 1 fully saturated rings. The molecule has 2 rings (SSSR count). The molecule has 1 aromatic rings. The van der Waals surface area contributed by atoms with Crippen molar-refractivity contribution in [3.8, 4) is 0 Å². The van der Waals surface area contributed by atoms with Crippen LogP contribution in [0.2, 0.25) is 0 Å². The van der Waals surface area contributed by atoms with Gasteiger partial charge in [-0.05, 0) is 37.3 Å². The fraction of sp³-hybridized carbons (Fsp3) is 0.562. The van der Waals surface area contributed by atoms with Crippen LogP contribution in [-0.2, 0) is 0 Å². The molecule has 0 amide bonds. The number of amidine groups is 1. The number of hydrogen-bond acceptors (Lipinski definition) is 2. The Morgan fingerprint density at radius 3 is 2.58 bits per heavy atom. The molecule has 1 saturated carbocycles. The maximum Gasteiger partial charge on any atom is 0.0995 e. The van der Waals surface area contributed by atoms with E-state index in [0.29, 0.717) is 0 Å². The van der Waals surface area contributed by atoms with Gasteiger partial charge in [0.25, 0.3) is 0 Å². The molecule has 0 spiro atoms. The Bertz CT molecular complexity index is 398. The lowest BCUT2D eigenvalue weighted by molar-refractivity contribution is 0.260. The first-order valence-corrected chi connectivity index (χ1v) is 7.32. The fourth-order valence-corrected chi connectivity index (χ4v) is 2.57. The molecule has 1 aromatic carbocycles. The van der Waals surface area contributed by atoms with Crippen LogP contribution in [0.5, 0.6) is 0 Å². The van der Waals surface area contributed by atoms with Crippen LogP contribution >= 0.6 is 0 Å². The number of rotatable bonds is 8. The standard InChI is InChI=1S/C16H25N3/c1-2-10-19(11-13-8-9-13)12-15(16(17)18)14-6-4-3-5-7-14/h3-7,13,15H,2,8-12H2,1H3,(H3,17,18). The Labute approximate surface area is 116 Å². The first-order valence-electron chi connectivity index (χ1n) is 7.32. The number of benzene rings is 1. The molecule has 0 aliphatic heterocycles. The summed E-state index contributed by atoms with van der Waals surface area (Å²) in [7, 11) is 0. The van der Waals surface area contributed by atoms with Crippen molar-refractivity contribution in [3.05, 3.63) is 35.9 Å². The van der Waals surface area contributed by atoms with E-state index in [2.05, 4.69) is 24.0 Å². The van der Waals surface area contributed by atoms with Crippen molar-refractivity contribution in [1.29, 1.82) is 5.41 Å². The van der Waals surface area contributed by atoms with Crippen molar-refractivity contribution in [2.75, 3.05) is 19.6 Å². The van der Waals surface area contributed by atoms with E-state index in [9.17, 15) is 0 Å². The van der Waals surface area contributed by atoms with Gasteiger partial charge in [-0.25, -0.2) is 0 Å². The number of nitrogens with two attached hydrogens (primary N) is 1. The van der Waals surface area contributed by atoms with E-state index < -0.39 is 0 Å². The minimum Gasteiger partial charge on any atom is -0.387 e. The van der Waals surface area contributed by atoms with Gasteiger partial charge in [-0.1, -0.05) is 37.3 Å². The quantitative estimate of drug-likeness (QED) is 0.557. The van der Waals surface area contributed by atoms with Gasteiger partial charge in [-0.15, -0.1) is 0 Å². The van der Waals surface area contributed by atoms with Gasteiger partial charge in [0.05, 0.1) is 11.8 Å². The van der Waals surface area contributed by atoms with E-state index >= 15 is 0 Å². The second kappa shape index (κ2) is 6.71. The summed E-state index contributed by atoms with van der Waals surface area (Å²) in [6, 6.07) is 10.2. The zero-order valence-electron chi connectivity index (χ0n) is 11.8. The van der Waals surface area contributed by atoms with Crippen LogP contribution < -0.4 is 5.73 Å². The van der Waals surface area contributed by atoms with Crippen LogP contribution in [-0.4, -0.2) is 30.4 Å². The third-order valence-electron chi connectivity index (χ3n) is 3.77. The zero-order chi connectivity index (χ0) is 13.7. The minimum absolute atomic E-state index is 0.0338. The highest BCUT2D eigenvalue weighted by Crippen LogP contribution is 2.30. The number of nitrogens with zero attached hydrogens (tertiary/aromatic N) is 1. The molecule has 19 heavy (non-hydrogen) atoms. The Hall–Kier alpha value is -1.35. The number of hydrogen-bond donors (Lipinski definition) is 2. The van der Waals surface area contributed by atoms with Gasteiger partial charge in [-0.2, -0.15) is 0 Å². The molecule has 3 N–H and O–H groups in total. The van der Waals surface area contributed by atoms with Crippen LogP contribution in [0.1, 0.15) is 37.7 Å². The van der Waals surface area contributed by atoms with Crippen molar-refractivity contribution in [2.45, 2.75) is 32.1 Å². The van der Waals surface area contributed by atoms with Crippen LogP contribution in [0.4, 0.5) is 0 Å². The van der Waals surface area contributed by atoms with Crippen molar-refractivity contribution in [2.24, 2.45) is 11.7 Å². The van der Waals surface area contributed by atoms with E-state index in [-0.39, 0.29) is 11.8 Å². The van der Waals surface area contributed by atoms with Crippen molar-refractivity contribution in [1.82, 2.24) is 4.90 Å². The van der Waals surface area contributed by atoms with Crippen LogP contribution in [0.25, 0.3) is 0 Å². The van der Waals surface area contributed by atoms with E-state index in [1.165, 1.54) is 19.4 Å². The van der Waals surface area contributed by atoms with E-state index in [0.717, 1.165) is 31.0 Å². The summed E-state index contributed by atoms with van der Waals surface area (Å²) in [4.78, 5) is 2.48. The largest absolute Gasteiger partial charge is 0.387 e. The molecule has 0 aromatic heterocycles. The second-order valence-corrected chi connectivity index (χ2v) is 5.62. The lowest BCUT2D eigenvalue weighted by atomic mass is 9.97. The second-order valence-electron chi connectivity index (χ2n) is 5.62. The molecule has 1 aliphatic rings. The Morgan fingerprint density at radius 2 is 2.05 bits per heavy atom. The molecule has 3 heteroatoms. The SMILES string of the molecule is CCCN(CC1CC1)CC(C(=N)N)c1ccccc1. The smallest absolute Gasteiger partial charge is 0.0995 e. The molecule has 3 nitrogen and oxygen atoms in total. The highest BCUT2D eigenvalue weighted by Gasteiger charge is 2.26. The fourth-order valence-electron chi connectivity index (χ4n) is 2.57. The van der Waals surface area contributed by atoms with Gasteiger partial charge in [0, 0.05) is 13.1 Å². The van der Waals surface area contributed by atoms with Crippen molar-refractivity contribution in [3.63, 3.8) is 0 Å². The molecule has 0 bridgehead atoms. The first kappa shape index (κ1) is 14.1. The highest BCUT2D eigenvalue weighted by atomic mass is 15.1. The Balaban J connectivity index is 2.03. The molecule has 1 atom stereocenters. The first-order chi connectivity index (χ1) is 9.20. The minimum atomic E-state index is 0.0338. The van der Waals surface area contributed by atoms with Gasteiger partial charge in [0.15, 0.2) is 0 Å². The van der Waals surface area contributed by atoms with Crippen molar-refractivity contribution < 1.29 is 0 Å². The van der Waals surface area contributed by atoms with Crippen LogP contribution in [0.3, 0.4) is 0 Å². The summed E-state index contributed by atoms with van der Waals surface area (Å²) in [5.74, 6) is 1.20. The summed E-state index contributed by atoms with van der Waals surface area (Å²) < 4.78 is 0. The molecule has 1 unspecified atom stereocenters. The summed E-state index contributed by atoms with van der Waals surface area (Å²) in [6.07, 6.45) is 3.90. The predicted octanol–water partition coefficient (Wildman–Crippen LogP) is 2.83. The molecule has 0 heterocycles. The monoisotopic (exact) mass is 259 g/mol. The maximum absolute atomic E-state index is 7.86. The van der Waals surface area contributed by atoms with Gasteiger partial charge >= 0.3 is 0 Å². The van der Waals surface area contributed by atoms with E-state index in [4.69, 9.17) is 11.1 Å². The maximum atomic E-state index is 7.86. The molecular weight excluding hydrogens is 234 g/mol. The normalized spacial score (nSPS) is 16.5. The third kappa shape index (κ3) is 4.35. The average Bonchev–Trinajstić information content (AvgIpc) is 3.20. The Morgan fingerprint density at radius 1 is 1.37 bits per heavy atom. The van der Waals surface area contributed by atoms with E-state index in [1.54, 1.807) is 0 Å². The van der Waals surface area contributed by atoms with Crippen molar-refractivity contribution >= 4 is 5.84 Å². The lowest BCUT2D eigenvalue weighted by Crippen LogP contribution is -2.36. The zero-order valence-corrected chi connectivity index (χ0v) is 11.8. The summed E-state index contributed by atoms with van der Waals surface area (Å²) in [5.41, 5.74) is 6.98. The summed E-state index contributed by atoms with van der Waals surface area (Å²) in [6.45, 7) is 5.37. The lowest BCUT2D eigenvalue weighted by Gasteiger charge is -2.27. The molecule has 1 aliphatic carbocycles. The number of nitrogens with one attached hydrogen (secondary N) is 1. The third-order valence-corrected chi connectivity index (χ3v) is 3.77. The van der Waals surface area contributed by atoms with E-state index in [1.807, 2.05) is 18.2 Å². The molecular formula is C16H25N3. The van der Waals surface area contributed by atoms with Gasteiger partial charge in [0.2, 0.25) is 0 Å². The van der Waals surface area contributed by atoms with Crippen LogP contribution in [0.15, 0.2) is 30.3 Å². The highest BCUT2D eigenvalue weighted by molar-refractivity contribution is 5.84. The van der Waals surface area contributed by atoms with Gasteiger partial charge in [0.1, 0.15) is 0 Å². The molecule has 0 saturated heterocycles. The Kier molecular flexibility index (Phi) is 4.97. The van der Waals surface area contributed by atoms with Crippen LogP contribution in [0, 0.1) is 11.3 Å². The predicted molar refractivity (Wildman–Crippen MR) is 80.6 cm³/mol. The topological polar surface area (TPSA) is 53.1 Å². The average molecular weight is 259 g/mol. The summed E-state index contributed by atoms with van der Waals surface area (Å²) >= 11 is 0. The van der Waals surface area contributed by atoms with Gasteiger partial charge in [-0.3, -0.25) is 5.41 Å². The molecule has 0 radical (unpaired) electrons. The van der Waals surface area contributed by atoms with Gasteiger partial charge < -0.3 is 10.6 Å². The molecule has 104 valence electrons.